The van der Waals surface area contributed by atoms with E-state index >= 15 is 0 Å². The Kier molecular flexibility index (Phi) is 5.57. The van der Waals surface area contributed by atoms with Crippen LogP contribution in [0.5, 0.6) is 0 Å². The number of amides is 1. The van der Waals surface area contributed by atoms with Gasteiger partial charge in [0.05, 0.1) is 16.0 Å². The first-order chi connectivity index (χ1) is 13.2. The zero-order valence-corrected chi connectivity index (χ0v) is 17.4. The van der Waals surface area contributed by atoms with E-state index in [-0.39, 0.29) is 22.6 Å². The van der Waals surface area contributed by atoms with Gasteiger partial charge in [0.1, 0.15) is 0 Å². The molecule has 0 aliphatic heterocycles. The molecular formula is C19H21N3O4S2. The number of benzene rings is 2. The van der Waals surface area contributed by atoms with Crippen LogP contribution in [0.3, 0.4) is 0 Å². The Labute approximate surface area is 167 Å². The molecule has 0 atom stereocenters. The molecular weight excluding hydrogens is 398 g/mol. The lowest BCUT2D eigenvalue weighted by Crippen LogP contribution is -2.15. The molecule has 1 aromatic heterocycles. The predicted molar refractivity (Wildman–Crippen MR) is 114 cm³/mol. The molecule has 0 unspecified atom stereocenters. The molecule has 1 heterocycles. The number of carbonyl (C=O) groups is 1. The molecule has 0 spiro atoms. The predicted octanol–water partition coefficient (Wildman–Crippen LogP) is 3.66. The van der Waals surface area contributed by atoms with Gasteiger partial charge in [0.2, 0.25) is 10.0 Å². The lowest BCUT2D eigenvalue weighted by atomic mass is 10.2. The third-order valence-electron chi connectivity index (χ3n) is 4.19. The van der Waals surface area contributed by atoms with Crippen molar-refractivity contribution in [2.75, 3.05) is 15.8 Å². The second-order valence-electron chi connectivity index (χ2n) is 6.55. The SMILES string of the molecule is CCS(=O)(=O)Nc1ccc(C(=O)Nc2ccc3c(c2)sc(=O)n3C(C)C)cc1. The molecule has 0 saturated heterocycles. The van der Waals surface area contributed by atoms with Crippen molar-refractivity contribution in [2.24, 2.45) is 0 Å². The highest BCUT2D eigenvalue weighted by molar-refractivity contribution is 7.92. The smallest absolute Gasteiger partial charge is 0.308 e. The van der Waals surface area contributed by atoms with E-state index < -0.39 is 10.0 Å². The van der Waals surface area contributed by atoms with Crippen molar-refractivity contribution in [1.29, 1.82) is 0 Å². The minimum Gasteiger partial charge on any atom is -0.322 e. The van der Waals surface area contributed by atoms with E-state index in [2.05, 4.69) is 10.0 Å². The Morgan fingerprint density at radius 2 is 1.75 bits per heavy atom. The molecule has 1 amide bonds. The van der Waals surface area contributed by atoms with Crippen molar-refractivity contribution < 1.29 is 13.2 Å². The molecule has 28 heavy (non-hydrogen) atoms. The second kappa shape index (κ2) is 7.76. The zero-order valence-electron chi connectivity index (χ0n) is 15.7. The van der Waals surface area contributed by atoms with Crippen LogP contribution in [-0.4, -0.2) is 24.6 Å². The lowest BCUT2D eigenvalue weighted by molar-refractivity contribution is 0.102. The maximum Gasteiger partial charge on any atom is 0.308 e. The molecule has 0 saturated carbocycles. The van der Waals surface area contributed by atoms with Crippen molar-refractivity contribution in [3.63, 3.8) is 0 Å². The van der Waals surface area contributed by atoms with Gasteiger partial charge in [-0.1, -0.05) is 11.3 Å². The summed E-state index contributed by atoms with van der Waals surface area (Å²) in [5, 5.41) is 2.80. The van der Waals surface area contributed by atoms with Crippen LogP contribution in [0, 0.1) is 0 Å². The number of nitrogens with zero attached hydrogens (tertiary/aromatic N) is 1. The average Bonchev–Trinajstić information content (AvgIpc) is 2.97. The van der Waals surface area contributed by atoms with E-state index in [4.69, 9.17) is 0 Å². The van der Waals surface area contributed by atoms with Gasteiger partial charge in [-0.2, -0.15) is 0 Å². The van der Waals surface area contributed by atoms with Crippen LogP contribution < -0.4 is 14.9 Å². The molecule has 3 rings (SSSR count). The van der Waals surface area contributed by atoms with Crippen LogP contribution in [-0.2, 0) is 10.0 Å². The monoisotopic (exact) mass is 419 g/mol. The van der Waals surface area contributed by atoms with Crippen LogP contribution in [0.1, 0.15) is 37.2 Å². The van der Waals surface area contributed by atoms with Crippen LogP contribution >= 0.6 is 11.3 Å². The number of anilines is 2. The third kappa shape index (κ3) is 4.26. The highest BCUT2D eigenvalue weighted by atomic mass is 32.2. The topological polar surface area (TPSA) is 97.3 Å². The molecule has 9 heteroatoms. The summed E-state index contributed by atoms with van der Waals surface area (Å²) in [4.78, 5) is 24.6. The molecule has 0 aliphatic rings. The number of fused-ring (bicyclic) bond motifs is 1. The van der Waals surface area contributed by atoms with Gasteiger partial charge in [-0.05, 0) is 63.2 Å². The summed E-state index contributed by atoms with van der Waals surface area (Å²) >= 11 is 1.14. The van der Waals surface area contributed by atoms with E-state index in [1.807, 2.05) is 19.9 Å². The zero-order chi connectivity index (χ0) is 20.5. The first-order valence-electron chi connectivity index (χ1n) is 8.77. The highest BCUT2D eigenvalue weighted by Gasteiger charge is 2.13. The second-order valence-corrected chi connectivity index (χ2v) is 9.56. The van der Waals surface area contributed by atoms with Gasteiger partial charge in [0.15, 0.2) is 0 Å². The summed E-state index contributed by atoms with van der Waals surface area (Å²) in [7, 11) is -3.36. The fourth-order valence-electron chi connectivity index (χ4n) is 2.75. The summed E-state index contributed by atoms with van der Waals surface area (Å²) in [5.74, 6) is -0.345. The first-order valence-corrected chi connectivity index (χ1v) is 11.2. The quantitative estimate of drug-likeness (QED) is 0.637. The number of hydrogen-bond acceptors (Lipinski definition) is 5. The van der Waals surface area contributed by atoms with Crippen molar-refractivity contribution in [3.05, 3.63) is 57.7 Å². The van der Waals surface area contributed by atoms with Crippen LogP contribution in [0.15, 0.2) is 47.3 Å². The number of aromatic nitrogens is 1. The number of carbonyl (C=O) groups excluding carboxylic acids is 1. The van der Waals surface area contributed by atoms with Gasteiger partial charge in [-0.25, -0.2) is 8.42 Å². The van der Waals surface area contributed by atoms with E-state index in [0.29, 0.717) is 16.9 Å². The van der Waals surface area contributed by atoms with Gasteiger partial charge in [-0.15, -0.1) is 0 Å². The summed E-state index contributed by atoms with van der Waals surface area (Å²) in [5.41, 5.74) is 2.23. The Balaban J connectivity index is 1.78. The minimum atomic E-state index is -3.36. The van der Waals surface area contributed by atoms with Gasteiger partial charge in [0, 0.05) is 23.0 Å². The highest BCUT2D eigenvalue weighted by Crippen LogP contribution is 2.24. The number of thiazole rings is 1. The molecule has 7 nitrogen and oxygen atoms in total. The van der Waals surface area contributed by atoms with Crippen molar-refractivity contribution in [3.8, 4) is 0 Å². The number of sulfonamides is 1. The fourth-order valence-corrected chi connectivity index (χ4v) is 4.44. The average molecular weight is 420 g/mol. The number of nitrogens with one attached hydrogen (secondary N) is 2. The van der Waals surface area contributed by atoms with Gasteiger partial charge in [-0.3, -0.25) is 18.9 Å². The van der Waals surface area contributed by atoms with Gasteiger partial charge >= 0.3 is 4.87 Å². The fraction of sp³-hybridized carbons (Fsp3) is 0.263. The Bertz CT molecular complexity index is 1180. The van der Waals surface area contributed by atoms with Crippen LogP contribution in [0.2, 0.25) is 0 Å². The third-order valence-corrected chi connectivity index (χ3v) is 6.41. The molecule has 148 valence electrons. The summed E-state index contributed by atoms with van der Waals surface area (Å²) < 4.78 is 28.1. The van der Waals surface area contributed by atoms with Crippen molar-refractivity contribution in [2.45, 2.75) is 26.8 Å². The van der Waals surface area contributed by atoms with Crippen LogP contribution in [0.4, 0.5) is 11.4 Å². The summed E-state index contributed by atoms with van der Waals surface area (Å²) in [6.45, 7) is 5.45. The van der Waals surface area contributed by atoms with Gasteiger partial charge < -0.3 is 5.32 Å². The van der Waals surface area contributed by atoms with Crippen molar-refractivity contribution >= 4 is 48.9 Å². The Hall–Kier alpha value is -2.65. The van der Waals surface area contributed by atoms with E-state index in [1.54, 1.807) is 47.9 Å². The minimum absolute atomic E-state index is 0.0255. The molecule has 2 N–H and O–H groups in total. The lowest BCUT2D eigenvalue weighted by Gasteiger charge is -2.09. The molecule has 0 radical (unpaired) electrons. The maximum absolute atomic E-state index is 12.5. The van der Waals surface area contributed by atoms with E-state index in [9.17, 15) is 18.0 Å². The van der Waals surface area contributed by atoms with E-state index in [1.165, 1.54) is 0 Å². The molecule has 0 fully saturated rings. The maximum atomic E-state index is 12.5. The standard InChI is InChI=1S/C19H21N3O4S2/c1-4-28(25,26)21-14-7-5-13(6-8-14)18(23)20-15-9-10-16-17(11-15)27-19(24)22(16)12(2)3/h5-12,21H,4H2,1-3H3,(H,20,23). The van der Waals surface area contributed by atoms with Gasteiger partial charge in [0.25, 0.3) is 5.91 Å². The van der Waals surface area contributed by atoms with E-state index in [0.717, 1.165) is 21.6 Å². The summed E-state index contributed by atoms with van der Waals surface area (Å²) in [6.07, 6.45) is 0. The number of rotatable bonds is 6. The van der Waals surface area contributed by atoms with Crippen LogP contribution in [0.25, 0.3) is 10.2 Å². The first kappa shape index (κ1) is 20.1. The molecule has 2 aromatic carbocycles. The van der Waals surface area contributed by atoms with Crippen molar-refractivity contribution in [1.82, 2.24) is 4.57 Å². The summed E-state index contributed by atoms with van der Waals surface area (Å²) in [6, 6.07) is 11.6. The Morgan fingerprint density at radius 1 is 1.11 bits per heavy atom. The molecule has 0 aliphatic carbocycles. The number of hydrogen-bond donors (Lipinski definition) is 2. The molecule has 0 bridgehead atoms. The Morgan fingerprint density at radius 3 is 2.36 bits per heavy atom. The normalized spacial score (nSPS) is 11.7. The largest absolute Gasteiger partial charge is 0.322 e. The molecule has 3 aromatic rings.